The Balaban J connectivity index is 1.43. The van der Waals surface area contributed by atoms with Crippen LogP contribution in [0, 0.1) is 11.3 Å². The maximum Gasteiger partial charge on any atom is 0.169 e. The number of nitriles is 1. The third-order valence-electron chi connectivity index (χ3n) is 5.52. The molecule has 3 heterocycles. The van der Waals surface area contributed by atoms with Gasteiger partial charge in [-0.15, -0.1) is 10.2 Å². The fourth-order valence-corrected chi connectivity index (χ4v) is 3.68. The highest BCUT2D eigenvalue weighted by atomic mass is 15.6. The Bertz CT molecular complexity index is 1140. The van der Waals surface area contributed by atoms with E-state index in [0.29, 0.717) is 12.6 Å². The standard InChI is InChI=1S/C22H27N11/c1-31(2)6-5-24-16-7-17(9-18(8-16)32-13-26-27-14-32)29-21-10-20(28-15-3-4-15)22-25-12-19(11-23)33(22)30-21/h7-10,13-15,19,24,29-30H,3-6,12H2,1-2H3. The molecular weight excluding hydrogens is 418 g/mol. The average Bonchev–Trinajstić information content (AvgIpc) is 3.26. The molecular formula is C22H27N11. The van der Waals surface area contributed by atoms with Gasteiger partial charge in [-0.3, -0.25) is 20.0 Å². The lowest BCUT2D eigenvalue weighted by atomic mass is 10.2. The second-order valence-electron chi connectivity index (χ2n) is 8.59. The minimum absolute atomic E-state index is 0.353. The third-order valence-corrected chi connectivity index (χ3v) is 5.52. The molecule has 1 fully saturated rings. The molecule has 170 valence electrons. The normalized spacial score (nSPS) is 20.7. The van der Waals surface area contributed by atoms with Gasteiger partial charge in [0.1, 0.15) is 24.2 Å². The summed E-state index contributed by atoms with van der Waals surface area (Å²) < 4.78 is 1.86. The number of benzene rings is 1. The number of amidine groups is 1. The van der Waals surface area contributed by atoms with Crippen molar-refractivity contribution >= 4 is 22.9 Å². The van der Waals surface area contributed by atoms with Crippen molar-refractivity contribution in [2.24, 2.45) is 9.98 Å². The summed E-state index contributed by atoms with van der Waals surface area (Å²) in [6.45, 7) is 2.17. The Kier molecular flexibility index (Phi) is 5.66. The molecule has 0 saturated heterocycles. The predicted molar refractivity (Wildman–Crippen MR) is 127 cm³/mol. The van der Waals surface area contributed by atoms with Crippen molar-refractivity contribution in [2.45, 2.75) is 24.9 Å². The maximum atomic E-state index is 9.55. The number of aromatic nitrogens is 3. The van der Waals surface area contributed by atoms with Crippen molar-refractivity contribution in [3.63, 3.8) is 0 Å². The van der Waals surface area contributed by atoms with E-state index in [-0.39, 0.29) is 6.04 Å². The van der Waals surface area contributed by atoms with Gasteiger partial charge in [0.05, 0.1) is 24.3 Å². The lowest BCUT2D eigenvalue weighted by molar-refractivity contribution is 0.328. The first-order chi connectivity index (χ1) is 16.1. The molecule has 0 amide bonds. The van der Waals surface area contributed by atoms with Crippen molar-refractivity contribution in [3.8, 4) is 11.8 Å². The van der Waals surface area contributed by atoms with Gasteiger partial charge in [0.15, 0.2) is 11.9 Å². The molecule has 1 aliphatic carbocycles. The van der Waals surface area contributed by atoms with Crippen molar-refractivity contribution in [3.05, 3.63) is 42.8 Å². The van der Waals surface area contributed by atoms with Crippen LogP contribution < -0.4 is 16.1 Å². The molecule has 0 radical (unpaired) electrons. The first-order valence-electron chi connectivity index (χ1n) is 11.0. The van der Waals surface area contributed by atoms with Gasteiger partial charge in [-0.2, -0.15) is 5.26 Å². The number of anilines is 2. The molecule has 1 aromatic carbocycles. The molecule has 33 heavy (non-hydrogen) atoms. The van der Waals surface area contributed by atoms with E-state index >= 15 is 0 Å². The van der Waals surface area contributed by atoms with Crippen LogP contribution in [-0.4, -0.2) is 82.0 Å². The molecule has 1 aromatic heterocycles. The quantitative estimate of drug-likeness (QED) is 0.555. The molecule has 2 aliphatic heterocycles. The molecule has 11 nitrogen and oxygen atoms in total. The summed E-state index contributed by atoms with van der Waals surface area (Å²) in [4.78, 5) is 11.5. The van der Waals surface area contributed by atoms with E-state index < -0.39 is 0 Å². The summed E-state index contributed by atoms with van der Waals surface area (Å²) >= 11 is 0. The van der Waals surface area contributed by atoms with E-state index in [1.165, 1.54) is 0 Å². The van der Waals surface area contributed by atoms with Gasteiger partial charge in [-0.1, -0.05) is 0 Å². The van der Waals surface area contributed by atoms with Crippen LogP contribution in [0.5, 0.6) is 0 Å². The highest BCUT2D eigenvalue weighted by molar-refractivity contribution is 6.46. The maximum absolute atomic E-state index is 9.55. The fourth-order valence-electron chi connectivity index (χ4n) is 3.68. The van der Waals surface area contributed by atoms with Gasteiger partial charge >= 0.3 is 0 Å². The second-order valence-corrected chi connectivity index (χ2v) is 8.59. The zero-order valence-corrected chi connectivity index (χ0v) is 18.7. The van der Waals surface area contributed by atoms with Gasteiger partial charge in [-0.05, 0) is 45.1 Å². The Morgan fingerprint density at radius 3 is 2.73 bits per heavy atom. The SMILES string of the molecule is CN(C)CCNc1cc(NC2=CC(=NC3CC3)C3=NCC(C#N)N3N2)cc(-n2cnnc2)c1. The van der Waals surface area contributed by atoms with Crippen molar-refractivity contribution in [1.29, 1.82) is 5.26 Å². The molecule has 1 saturated carbocycles. The van der Waals surface area contributed by atoms with Crippen molar-refractivity contribution in [2.75, 3.05) is 44.4 Å². The monoisotopic (exact) mass is 445 g/mol. The molecule has 0 spiro atoms. The first kappa shape index (κ1) is 21.0. The summed E-state index contributed by atoms with van der Waals surface area (Å²) in [5.74, 6) is 1.49. The fraction of sp³-hybridized carbons (Fsp3) is 0.409. The van der Waals surface area contributed by atoms with E-state index in [0.717, 1.165) is 60.4 Å². The van der Waals surface area contributed by atoms with Crippen molar-refractivity contribution < 1.29 is 0 Å². The predicted octanol–water partition coefficient (Wildman–Crippen LogP) is 1.22. The minimum Gasteiger partial charge on any atom is -0.384 e. The Labute approximate surface area is 192 Å². The Hall–Kier alpha value is -3.91. The topological polar surface area (TPSA) is 122 Å². The van der Waals surface area contributed by atoms with Crippen LogP contribution in [0.4, 0.5) is 11.4 Å². The number of likely N-dealkylation sites (N-methyl/N-ethyl adjacent to an activating group) is 1. The van der Waals surface area contributed by atoms with Crippen LogP contribution in [0.15, 0.2) is 52.7 Å². The zero-order valence-electron chi connectivity index (χ0n) is 18.7. The molecule has 2 aromatic rings. The summed E-state index contributed by atoms with van der Waals surface area (Å²) in [6.07, 6.45) is 7.52. The van der Waals surface area contributed by atoms with E-state index in [9.17, 15) is 5.26 Å². The largest absolute Gasteiger partial charge is 0.384 e. The first-order valence-corrected chi connectivity index (χ1v) is 11.0. The average molecular weight is 446 g/mol. The summed E-state index contributed by atoms with van der Waals surface area (Å²) in [6, 6.07) is 8.44. The number of rotatable bonds is 8. The van der Waals surface area contributed by atoms with Crippen LogP contribution in [0.3, 0.4) is 0 Å². The summed E-state index contributed by atoms with van der Waals surface area (Å²) in [5, 5.41) is 26.2. The number of aliphatic imine (C=N–C) groups is 2. The lowest BCUT2D eigenvalue weighted by Gasteiger charge is -2.31. The van der Waals surface area contributed by atoms with E-state index in [4.69, 9.17) is 4.99 Å². The molecule has 0 bridgehead atoms. The van der Waals surface area contributed by atoms with Gasteiger partial charge in [0.2, 0.25) is 0 Å². The Morgan fingerprint density at radius 2 is 2.00 bits per heavy atom. The number of nitrogens with one attached hydrogen (secondary N) is 3. The lowest BCUT2D eigenvalue weighted by Crippen LogP contribution is -2.52. The number of nitrogens with zero attached hydrogens (tertiary/aromatic N) is 8. The molecule has 11 heteroatoms. The van der Waals surface area contributed by atoms with E-state index in [1.54, 1.807) is 12.7 Å². The minimum atomic E-state index is -0.360. The molecule has 5 rings (SSSR count). The second kappa shape index (κ2) is 8.91. The van der Waals surface area contributed by atoms with Gasteiger partial charge in [0.25, 0.3) is 0 Å². The van der Waals surface area contributed by atoms with Crippen LogP contribution in [0.25, 0.3) is 5.69 Å². The highest BCUT2D eigenvalue weighted by Gasteiger charge is 2.35. The number of hydrogen-bond donors (Lipinski definition) is 3. The van der Waals surface area contributed by atoms with Crippen LogP contribution >= 0.6 is 0 Å². The zero-order chi connectivity index (χ0) is 22.8. The van der Waals surface area contributed by atoms with Gasteiger partial charge < -0.3 is 15.5 Å². The summed E-state index contributed by atoms with van der Waals surface area (Å²) in [7, 11) is 4.10. The van der Waals surface area contributed by atoms with Crippen LogP contribution in [0.2, 0.25) is 0 Å². The van der Waals surface area contributed by atoms with Crippen LogP contribution in [-0.2, 0) is 0 Å². The third kappa shape index (κ3) is 4.80. The van der Waals surface area contributed by atoms with Gasteiger partial charge in [0, 0.05) is 30.5 Å². The number of hydrazine groups is 1. The molecule has 1 atom stereocenters. The van der Waals surface area contributed by atoms with Crippen molar-refractivity contribution in [1.82, 2.24) is 30.1 Å². The number of fused-ring (bicyclic) bond motifs is 1. The van der Waals surface area contributed by atoms with E-state index in [2.05, 4.69) is 68.4 Å². The smallest absolute Gasteiger partial charge is 0.169 e. The van der Waals surface area contributed by atoms with Gasteiger partial charge in [-0.25, -0.2) is 5.01 Å². The van der Waals surface area contributed by atoms with E-state index in [1.807, 2.05) is 21.7 Å². The highest BCUT2D eigenvalue weighted by Crippen LogP contribution is 2.27. The molecule has 1 unspecified atom stereocenters. The number of hydrogen-bond acceptors (Lipinski definition) is 10. The van der Waals surface area contributed by atoms with Crippen LogP contribution in [0.1, 0.15) is 12.8 Å². The Morgan fingerprint density at radius 1 is 1.21 bits per heavy atom. The summed E-state index contributed by atoms with van der Waals surface area (Å²) in [5.41, 5.74) is 6.92. The molecule has 3 N–H and O–H groups in total. The molecule has 3 aliphatic rings.